The van der Waals surface area contributed by atoms with Crippen molar-refractivity contribution in [2.45, 2.75) is 0 Å². The van der Waals surface area contributed by atoms with Crippen LogP contribution >= 0.6 is 45.8 Å². The molecule has 0 saturated carbocycles. The second-order valence-corrected chi connectivity index (χ2v) is 9.42. The van der Waals surface area contributed by atoms with Crippen LogP contribution in [-0.4, -0.2) is 0 Å². The molecule has 0 bridgehead atoms. The number of benzene rings is 3. The maximum absolute atomic E-state index is 13.7. The summed E-state index contributed by atoms with van der Waals surface area (Å²) < 4.78 is 16.7. The molecule has 0 heterocycles. The Kier molecular flexibility index (Phi) is 4.93. The Bertz CT molecular complexity index is 834. The van der Waals surface area contributed by atoms with E-state index < -0.39 is 21.2 Å². The Hall–Kier alpha value is -0.110. The number of fused-ring (bicyclic) bond motifs is 1. The van der Waals surface area contributed by atoms with Gasteiger partial charge in [0.2, 0.25) is 0 Å². The van der Waals surface area contributed by atoms with E-state index in [1.54, 1.807) is 0 Å². The number of rotatable bonds is 2. The predicted octanol–water partition coefficient (Wildman–Crippen LogP) is 3.02. The van der Waals surface area contributed by atoms with Crippen LogP contribution in [0.3, 0.4) is 0 Å². The molecule has 0 fully saturated rings. The monoisotopic (exact) mass is 543 g/mol. The minimum atomic E-state index is -0.519. The van der Waals surface area contributed by atoms with Crippen LogP contribution in [-0.2, 0) is 0 Å². The molecule has 0 aliphatic heterocycles. The SMILES string of the molecule is Fc1cc(I)cc([I-]c2ccc3cc(Cl)ccc3c2)c1Cl. The molecule has 0 saturated heterocycles. The van der Waals surface area contributed by atoms with Gasteiger partial charge in [-0.15, -0.1) is 0 Å². The minimum absolute atomic E-state index is 0.249. The van der Waals surface area contributed by atoms with E-state index in [1.165, 1.54) is 9.64 Å². The van der Waals surface area contributed by atoms with Crippen molar-refractivity contribution in [2.24, 2.45) is 0 Å². The van der Waals surface area contributed by atoms with E-state index in [-0.39, 0.29) is 10.8 Å². The summed E-state index contributed by atoms with van der Waals surface area (Å²) in [7, 11) is 0. The van der Waals surface area contributed by atoms with Gasteiger partial charge in [-0.25, -0.2) is 0 Å². The fraction of sp³-hybridized carbons (Fsp3) is 0. The molecule has 0 aromatic heterocycles. The standard InChI is InChI=1S/C16H8Cl2FI2/c17-11-3-1-10-6-13(4-2-9(10)5-11)21-15-8-12(20)7-14(19)16(15)18/h1-8H/q-1. The van der Waals surface area contributed by atoms with Crippen molar-refractivity contribution in [3.63, 3.8) is 0 Å². The third-order valence-corrected chi connectivity index (χ3v) is 7.21. The first kappa shape index (κ1) is 15.8. The summed E-state index contributed by atoms with van der Waals surface area (Å²) in [6.45, 7) is 0. The number of hydrogen-bond donors (Lipinski definition) is 0. The van der Waals surface area contributed by atoms with Crippen LogP contribution in [0.25, 0.3) is 10.8 Å². The molecule has 3 aromatic carbocycles. The van der Waals surface area contributed by atoms with Crippen molar-refractivity contribution in [1.29, 1.82) is 0 Å². The van der Waals surface area contributed by atoms with Gasteiger partial charge in [0, 0.05) is 0 Å². The molecule has 0 spiro atoms. The van der Waals surface area contributed by atoms with Gasteiger partial charge >= 0.3 is 157 Å². The molecule has 0 atom stereocenters. The summed E-state index contributed by atoms with van der Waals surface area (Å²) in [6.07, 6.45) is 0. The third kappa shape index (κ3) is 3.63. The molecule has 0 N–H and O–H groups in total. The van der Waals surface area contributed by atoms with Gasteiger partial charge in [0.1, 0.15) is 0 Å². The van der Waals surface area contributed by atoms with Crippen LogP contribution in [0.15, 0.2) is 48.5 Å². The van der Waals surface area contributed by atoms with E-state index in [9.17, 15) is 4.39 Å². The summed E-state index contributed by atoms with van der Waals surface area (Å²) in [6, 6.07) is 15.5. The van der Waals surface area contributed by atoms with Crippen LogP contribution in [0.5, 0.6) is 0 Å². The van der Waals surface area contributed by atoms with Gasteiger partial charge in [0.05, 0.1) is 0 Å². The van der Waals surface area contributed by atoms with Crippen molar-refractivity contribution >= 4 is 56.6 Å². The molecule has 0 radical (unpaired) electrons. The van der Waals surface area contributed by atoms with Gasteiger partial charge in [0.15, 0.2) is 0 Å². The Morgan fingerprint density at radius 3 is 2.43 bits per heavy atom. The summed E-state index contributed by atoms with van der Waals surface area (Å²) >= 11 is 13.7. The molecule has 0 aliphatic carbocycles. The average molecular weight is 544 g/mol. The van der Waals surface area contributed by atoms with Crippen LogP contribution in [0.2, 0.25) is 10.0 Å². The quantitative estimate of drug-likeness (QED) is 0.265. The second kappa shape index (κ2) is 6.56. The van der Waals surface area contributed by atoms with E-state index >= 15 is 0 Å². The molecule has 5 heteroatoms. The zero-order valence-electron chi connectivity index (χ0n) is 10.5. The molecule has 3 aromatic rings. The molecule has 0 amide bonds. The topological polar surface area (TPSA) is 0 Å². The second-order valence-electron chi connectivity index (χ2n) is 4.41. The van der Waals surface area contributed by atoms with Crippen molar-refractivity contribution in [2.75, 3.05) is 0 Å². The Labute approximate surface area is 156 Å². The van der Waals surface area contributed by atoms with Crippen LogP contribution < -0.4 is 21.2 Å². The van der Waals surface area contributed by atoms with Gasteiger partial charge in [-0.05, 0) is 0 Å². The van der Waals surface area contributed by atoms with E-state index in [0.717, 1.165) is 22.9 Å². The van der Waals surface area contributed by atoms with Crippen LogP contribution in [0.4, 0.5) is 4.39 Å². The van der Waals surface area contributed by atoms with Crippen molar-refractivity contribution < 1.29 is 25.6 Å². The van der Waals surface area contributed by atoms with Gasteiger partial charge in [-0.1, -0.05) is 0 Å². The zero-order valence-corrected chi connectivity index (χ0v) is 16.3. The zero-order chi connectivity index (χ0) is 15.0. The molecule has 0 aliphatic rings. The Morgan fingerprint density at radius 1 is 0.905 bits per heavy atom. The molecule has 0 nitrogen and oxygen atoms in total. The molecular weight excluding hydrogens is 536 g/mol. The molecule has 3 rings (SSSR count). The third-order valence-electron chi connectivity index (χ3n) is 2.92. The fourth-order valence-electron chi connectivity index (χ4n) is 1.96. The normalized spacial score (nSPS) is 11.2. The molecule has 0 unspecified atom stereocenters. The van der Waals surface area contributed by atoms with Gasteiger partial charge < -0.3 is 0 Å². The van der Waals surface area contributed by atoms with E-state index in [0.29, 0.717) is 0 Å². The van der Waals surface area contributed by atoms with Crippen molar-refractivity contribution in [1.82, 2.24) is 0 Å². The average Bonchev–Trinajstić information content (AvgIpc) is 2.44. The molecular formula is C16H8Cl2FI2-. The summed E-state index contributed by atoms with van der Waals surface area (Å²) in [5.74, 6) is -0.342. The summed E-state index contributed by atoms with van der Waals surface area (Å²) in [5, 5.41) is 3.22. The van der Waals surface area contributed by atoms with Gasteiger partial charge in [0.25, 0.3) is 0 Å². The summed E-state index contributed by atoms with van der Waals surface area (Å²) in [5.41, 5.74) is 0. The number of halogens is 5. The first-order valence-corrected chi connectivity index (χ1v) is 10.0. The van der Waals surface area contributed by atoms with Crippen molar-refractivity contribution in [3.05, 3.63) is 75.1 Å². The van der Waals surface area contributed by atoms with E-state index in [1.807, 2.05) is 24.3 Å². The van der Waals surface area contributed by atoms with Gasteiger partial charge in [-0.2, -0.15) is 0 Å². The summed E-state index contributed by atoms with van der Waals surface area (Å²) in [4.78, 5) is 0. The Morgan fingerprint density at radius 2 is 1.62 bits per heavy atom. The van der Waals surface area contributed by atoms with Crippen LogP contribution in [0.1, 0.15) is 0 Å². The van der Waals surface area contributed by atoms with Crippen LogP contribution in [0, 0.1) is 16.5 Å². The Balaban J connectivity index is 2.00. The first-order valence-electron chi connectivity index (χ1n) is 6.01. The van der Waals surface area contributed by atoms with E-state index in [4.69, 9.17) is 23.2 Å². The fourth-order valence-corrected chi connectivity index (χ4v) is 6.17. The van der Waals surface area contributed by atoms with Crippen molar-refractivity contribution in [3.8, 4) is 0 Å². The predicted molar refractivity (Wildman–Crippen MR) is 90.5 cm³/mol. The first-order chi connectivity index (χ1) is 10.0. The molecule has 21 heavy (non-hydrogen) atoms. The number of hydrogen-bond acceptors (Lipinski definition) is 0. The van der Waals surface area contributed by atoms with Gasteiger partial charge in [-0.3, -0.25) is 0 Å². The molecule has 108 valence electrons. The van der Waals surface area contributed by atoms with E-state index in [2.05, 4.69) is 40.8 Å². The maximum atomic E-state index is 13.7.